The molecule has 0 heterocycles. The van der Waals surface area contributed by atoms with Gasteiger partial charge in [0.25, 0.3) is 0 Å². The monoisotopic (exact) mass is 239 g/mol. The number of hydrogen-bond donors (Lipinski definition) is 1. The summed E-state index contributed by atoms with van der Waals surface area (Å²) in [4.78, 5) is 0. The van der Waals surface area contributed by atoms with Gasteiger partial charge in [-0.2, -0.15) is 0 Å². The first-order valence-electron chi connectivity index (χ1n) is 6.45. The molecule has 0 amide bonds. The molecule has 1 aromatic rings. The smallest absolute Gasteiger partial charge is 0.124 e. The molecule has 1 fully saturated rings. The van der Waals surface area contributed by atoms with Crippen LogP contribution in [-0.4, -0.2) is 6.10 Å². The third kappa shape index (κ3) is 4.00. The third-order valence-corrected chi connectivity index (χ3v) is 2.84. The molecule has 1 aromatic carbocycles. The van der Waals surface area contributed by atoms with Crippen LogP contribution in [0.2, 0.25) is 0 Å². The topological polar surface area (TPSA) is 35.2 Å². The second-order valence-corrected chi connectivity index (χ2v) is 3.98. The largest absolute Gasteiger partial charge is 0.490 e. The normalized spacial score (nSPS) is 15.3. The van der Waals surface area contributed by atoms with Gasteiger partial charge in [0.1, 0.15) is 11.6 Å². The molecule has 0 unspecified atom stereocenters. The molecule has 0 spiro atoms. The van der Waals surface area contributed by atoms with E-state index < -0.39 is 0 Å². The molecule has 3 heteroatoms. The van der Waals surface area contributed by atoms with Gasteiger partial charge in [0, 0.05) is 12.1 Å². The van der Waals surface area contributed by atoms with Crippen LogP contribution in [0.4, 0.5) is 4.39 Å². The molecular formula is C14H22FNO. The summed E-state index contributed by atoms with van der Waals surface area (Å²) in [6.07, 6.45) is 4.94. The van der Waals surface area contributed by atoms with E-state index >= 15 is 0 Å². The summed E-state index contributed by atoms with van der Waals surface area (Å²) in [5, 5.41) is 0. The lowest BCUT2D eigenvalue weighted by Gasteiger charge is -2.15. The third-order valence-electron chi connectivity index (χ3n) is 2.84. The lowest BCUT2D eigenvalue weighted by molar-refractivity contribution is 0.207. The fourth-order valence-corrected chi connectivity index (χ4v) is 2.01. The van der Waals surface area contributed by atoms with Crippen molar-refractivity contribution in [2.24, 2.45) is 5.73 Å². The molecule has 2 rings (SSSR count). The van der Waals surface area contributed by atoms with Crippen LogP contribution in [0.5, 0.6) is 5.75 Å². The van der Waals surface area contributed by atoms with E-state index in [1.54, 1.807) is 6.07 Å². The van der Waals surface area contributed by atoms with Gasteiger partial charge in [0.05, 0.1) is 6.10 Å². The van der Waals surface area contributed by atoms with Crippen molar-refractivity contribution in [2.45, 2.75) is 52.2 Å². The molecule has 0 atom stereocenters. The zero-order chi connectivity index (χ0) is 12.7. The minimum atomic E-state index is -0.255. The molecular weight excluding hydrogens is 217 g/mol. The lowest BCUT2D eigenvalue weighted by atomic mass is 10.2. The predicted molar refractivity (Wildman–Crippen MR) is 68.5 cm³/mol. The van der Waals surface area contributed by atoms with Gasteiger partial charge in [-0.3, -0.25) is 0 Å². The highest BCUT2D eigenvalue weighted by molar-refractivity contribution is 5.34. The van der Waals surface area contributed by atoms with E-state index in [0.29, 0.717) is 12.6 Å². The van der Waals surface area contributed by atoms with Crippen molar-refractivity contribution in [2.75, 3.05) is 0 Å². The number of halogens is 1. The first kappa shape index (κ1) is 14.0. The molecule has 0 radical (unpaired) electrons. The van der Waals surface area contributed by atoms with Crippen molar-refractivity contribution in [1.82, 2.24) is 0 Å². The minimum absolute atomic E-state index is 0.255. The zero-order valence-corrected chi connectivity index (χ0v) is 10.7. The summed E-state index contributed by atoms with van der Waals surface area (Å²) in [5.74, 6) is 0.486. The van der Waals surface area contributed by atoms with Crippen LogP contribution in [-0.2, 0) is 6.54 Å². The molecule has 17 heavy (non-hydrogen) atoms. The van der Waals surface area contributed by atoms with E-state index in [0.717, 1.165) is 24.2 Å². The van der Waals surface area contributed by atoms with E-state index in [1.165, 1.54) is 25.0 Å². The molecule has 1 saturated carbocycles. The second-order valence-electron chi connectivity index (χ2n) is 3.98. The molecule has 1 aliphatic carbocycles. The molecule has 96 valence electrons. The van der Waals surface area contributed by atoms with Gasteiger partial charge < -0.3 is 10.5 Å². The van der Waals surface area contributed by atoms with Crippen LogP contribution in [0.1, 0.15) is 45.1 Å². The standard InChI is InChI=1S/C12H16FNO.C2H6/c13-10-5-6-12(9(7-10)8-14)15-11-3-1-2-4-11;1-2/h5-7,11H,1-4,8,14H2;1-2H3. The maximum Gasteiger partial charge on any atom is 0.124 e. The molecule has 1 aliphatic rings. The van der Waals surface area contributed by atoms with Crippen LogP contribution in [0, 0.1) is 5.82 Å². The van der Waals surface area contributed by atoms with Crippen LogP contribution >= 0.6 is 0 Å². The van der Waals surface area contributed by atoms with Gasteiger partial charge in [0.2, 0.25) is 0 Å². The van der Waals surface area contributed by atoms with Crippen molar-refractivity contribution >= 4 is 0 Å². The molecule has 0 bridgehead atoms. The Kier molecular flexibility index (Phi) is 5.98. The maximum atomic E-state index is 12.9. The Hall–Kier alpha value is -1.09. The van der Waals surface area contributed by atoms with Crippen LogP contribution < -0.4 is 10.5 Å². The highest BCUT2D eigenvalue weighted by Crippen LogP contribution is 2.26. The Labute approximate surface area is 103 Å². The Bertz CT molecular complexity index is 335. The van der Waals surface area contributed by atoms with E-state index in [2.05, 4.69) is 0 Å². The minimum Gasteiger partial charge on any atom is -0.490 e. The summed E-state index contributed by atoms with van der Waals surface area (Å²) in [7, 11) is 0. The fourth-order valence-electron chi connectivity index (χ4n) is 2.01. The second kappa shape index (κ2) is 7.28. The molecule has 2 nitrogen and oxygen atoms in total. The van der Waals surface area contributed by atoms with Gasteiger partial charge in [-0.05, 0) is 43.9 Å². The Morgan fingerprint density at radius 2 is 1.94 bits per heavy atom. The van der Waals surface area contributed by atoms with Crippen LogP contribution in [0.15, 0.2) is 18.2 Å². The van der Waals surface area contributed by atoms with Gasteiger partial charge in [-0.15, -0.1) is 0 Å². The van der Waals surface area contributed by atoms with Crippen LogP contribution in [0.3, 0.4) is 0 Å². The number of ether oxygens (including phenoxy) is 1. The maximum absolute atomic E-state index is 12.9. The summed E-state index contributed by atoms with van der Waals surface area (Å²) in [6, 6.07) is 4.55. The zero-order valence-electron chi connectivity index (χ0n) is 10.7. The van der Waals surface area contributed by atoms with E-state index in [1.807, 2.05) is 13.8 Å². The van der Waals surface area contributed by atoms with E-state index in [-0.39, 0.29) is 5.82 Å². The van der Waals surface area contributed by atoms with E-state index in [9.17, 15) is 4.39 Å². The van der Waals surface area contributed by atoms with Crippen molar-refractivity contribution in [3.8, 4) is 5.75 Å². The highest BCUT2D eigenvalue weighted by Gasteiger charge is 2.17. The van der Waals surface area contributed by atoms with Crippen molar-refractivity contribution < 1.29 is 9.13 Å². The summed E-state index contributed by atoms with van der Waals surface area (Å²) in [5.41, 5.74) is 6.30. The van der Waals surface area contributed by atoms with Gasteiger partial charge >= 0.3 is 0 Å². The quantitative estimate of drug-likeness (QED) is 0.874. The van der Waals surface area contributed by atoms with Crippen molar-refractivity contribution in [1.29, 1.82) is 0 Å². The lowest BCUT2D eigenvalue weighted by Crippen LogP contribution is -2.13. The average molecular weight is 239 g/mol. The Morgan fingerprint density at radius 3 is 2.53 bits per heavy atom. The first-order chi connectivity index (χ1) is 8.29. The van der Waals surface area contributed by atoms with Crippen molar-refractivity contribution in [3.05, 3.63) is 29.6 Å². The number of nitrogens with two attached hydrogens (primary N) is 1. The molecule has 0 aromatic heterocycles. The predicted octanol–water partition coefficient (Wildman–Crippen LogP) is 3.63. The molecule has 0 saturated heterocycles. The van der Waals surface area contributed by atoms with E-state index in [4.69, 9.17) is 10.5 Å². The highest BCUT2D eigenvalue weighted by atomic mass is 19.1. The SMILES string of the molecule is CC.NCc1cc(F)ccc1OC1CCCC1. The number of benzene rings is 1. The van der Waals surface area contributed by atoms with Crippen LogP contribution in [0.25, 0.3) is 0 Å². The fraction of sp³-hybridized carbons (Fsp3) is 0.571. The van der Waals surface area contributed by atoms with Crippen molar-refractivity contribution in [3.63, 3.8) is 0 Å². The molecule has 0 aliphatic heterocycles. The Morgan fingerprint density at radius 1 is 1.29 bits per heavy atom. The molecule has 2 N–H and O–H groups in total. The van der Waals surface area contributed by atoms with Gasteiger partial charge in [-0.25, -0.2) is 4.39 Å². The summed E-state index contributed by atoms with van der Waals surface area (Å²) in [6.45, 7) is 4.32. The Balaban J connectivity index is 0.000000686. The summed E-state index contributed by atoms with van der Waals surface area (Å²) < 4.78 is 18.7. The number of rotatable bonds is 3. The first-order valence-corrected chi connectivity index (χ1v) is 6.45. The van der Waals surface area contributed by atoms with Gasteiger partial charge in [0.15, 0.2) is 0 Å². The summed E-state index contributed by atoms with van der Waals surface area (Å²) >= 11 is 0. The van der Waals surface area contributed by atoms with Gasteiger partial charge in [-0.1, -0.05) is 13.8 Å². The average Bonchev–Trinajstić information content (AvgIpc) is 2.87. The number of hydrogen-bond acceptors (Lipinski definition) is 2.